The van der Waals surface area contributed by atoms with Gasteiger partial charge < -0.3 is 24.6 Å². The van der Waals surface area contributed by atoms with Crippen LogP contribution in [0.4, 0.5) is 10.5 Å². The highest BCUT2D eigenvalue weighted by Crippen LogP contribution is 2.35. The van der Waals surface area contributed by atoms with Gasteiger partial charge in [0.25, 0.3) is 0 Å². The Kier molecular flexibility index (Phi) is 5.74. The SMILES string of the molecule is CCN1CCN(C(=O)Nc2cc(OC)c(Cl)cc2OC)CC1. The molecule has 0 aliphatic carbocycles. The summed E-state index contributed by atoms with van der Waals surface area (Å²) in [4.78, 5) is 16.5. The van der Waals surface area contributed by atoms with Crippen LogP contribution in [0, 0.1) is 0 Å². The molecule has 1 aromatic rings. The normalized spacial score (nSPS) is 15.5. The number of carbonyl (C=O) groups excluding carboxylic acids is 1. The first-order valence-corrected chi connectivity index (χ1v) is 7.66. The van der Waals surface area contributed by atoms with E-state index in [2.05, 4.69) is 17.1 Å². The van der Waals surface area contributed by atoms with Gasteiger partial charge in [-0.3, -0.25) is 0 Å². The van der Waals surface area contributed by atoms with E-state index in [0.29, 0.717) is 35.3 Å². The molecule has 1 saturated heterocycles. The third-order valence-corrected chi connectivity index (χ3v) is 4.12. The fourth-order valence-corrected chi connectivity index (χ4v) is 2.65. The highest BCUT2D eigenvalue weighted by molar-refractivity contribution is 6.32. The zero-order chi connectivity index (χ0) is 16.1. The number of ether oxygens (including phenoxy) is 2. The smallest absolute Gasteiger partial charge is 0.322 e. The third kappa shape index (κ3) is 3.75. The molecule has 0 atom stereocenters. The van der Waals surface area contributed by atoms with Crippen molar-refractivity contribution >= 4 is 23.3 Å². The highest BCUT2D eigenvalue weighted by Gasteiger charge is 2.21. The maximum absolute atomic E-state index is 12.4. The molecular formula is C15H22ClN3O3. The number of hydrogen-bond acceptors (Lipinski definition) is 4. The minimum absolute atomic E-state index is 0.140. The average molecular weight is 328 g/mol. The molecule has 2 rings (SSSR count). The lowest BCUT2D eigenvalue weighted by Crippen LogP contribution is -2.49. The summed E-state index contributed by atoms with van der Waals surface area (Å²) in [6, 6.07) is 3.16. The number of halogens is 1. The van der Waals surface area contributed by atoms with E-state index in [-0.39, 0.29) is 6.03 Å². The summed E-state index contributed by atoms with van der Waals surface area (Å²) in [7, 11) is 3.07. The number of methoxy groups -OCH3 is 2. The molecule has 1 N–H and O–H groups in total. The lowest BCUT2D eigenvalue weighted by molar-refractivity contribution is 0.151. The zero-order valence-corrected chi connectivity index (χ0v) is 13.9. The van der Waals surface area contributed by atoms with E-state index in [1.807, 2.05) is 0 Å². The van der Waals surface area contributed by atoms with Crippen LogP contribution in [0.3, 0.4) is 0 Å². The van der Waals surface area contributed by atoms with Crippen LogP contribution in [-0.4, -0.2) is 62.8 Å². The van der Waals surface area contributed by atoms with Gasteiger partial charge in [-0.05, 0) is 6.54 Å². The number of rotatable bonds is 4. The van der Waals surface area contributed by atoms with Gasteiger partial charge in [0.2, 0.25) is 0 Å². The molecule has 0 saturated carbocycles. The van der Waals surface area contributed by atoms with Gasteiger partial charge in [-0.2, -0.15) is 0 Å². The topological polar surface area (TPSA) is 54.0 Å². The number of nitrogens with zero attached hydrogens (tertiary/aromatic N) is 2. The van der Waals surface area contributed by atoms with Crippen molar-refractivity contribution in [3.8, 4) is 11.5 Å². The van der Waals surface area contributed by atoms with E-state index >= 15 is 0 Å². The lowest BCUT2D eigenvalue weighted by atomic mass is 10.2. The fraction of sp³-hybridized carbons (Fsp3) is 0.533. The van der Waals surface area contributed by atoms with Gasteiger partial charge in [0.1, 0.15) is 11.5 Å². The van der Waals surface area contributed by atoms with Crippen LogP contribution in [0.15, 0.2) is 12.1 Å². The Labute approximate surface area is 135 Å². The fourth-order valence-electron chi connectivity index (χ4n) is 2.42. The van der Waals surface area contributed by atoms with Gasteiger partial charge in [-0.25, -0.2) is 4.79 Å². The Balaban J connectivity index is 2.08. The third-order valence-electron chi connectivity index (χ3n) is 3.82. The van der Waals surface area contributed by atoms with Crippen molar-refractivity contribution in [1.29, 1.82) is 0 Å². The van der Waals surface area contributed by atoms with Crippen LogP contribution < -0.4 is 14.8 Å². The minimum Gasteiger partial charge on any atom is -0.495 e. The van der Waals surface area contributed by atoms with E-state index in [9.17, 15) is 4.79 Å². The van der Waals surface area contributed by atoms with Crippen molar-refractivity contribution in [1.82, 2.24) is 9.80 Å². The van der Waals surface area contributed by atoms with Crippen LogP contribution in [0.5, 0.6) is 11.5 Å². The van der Waals surface area contributed by atoms with Crippen molar-refractivity contribution in [2.45, 2.75) is 6.92 Å². The summed E-state index contributed by atoms with van der Waals surface area (Å²) in [5.74, 6) is 1.000. The van der Waals surface area contributed by atoms with Gasteiger partial charge in [-0.1, -0.05) is 18.5 Å². The molecule has 122 valence electrons. The number of hydrogen-bond donors (Lipinski definition) is 1. The average Bonchev–Trinajstić information content (AvgIpc) is 2.55. The molecule has 2 amide bonds. The summed E-state index contributed by atoms with van der Waals surface area (Å²) < 4.78 is 10.4. The van der Waals surface area contributed by atoms with Crippen LogP contribution >= 0.6 is 11.6 Å². The maximum atomic E-state index is 12.4. The largest absolute Gasteiger partial charge is 0.495 e. The number of urea groups is 1. The quantitative estimate of drug-likeness (QED) is 0.923. The van der Waals surface area contributed by atoms with E-state index in [0.717, 1.165) is 19.6 Å². The predicted molar refractivity (Wildman–Crippen MR) is 87.3 cm³/mol. The molecule has 0 unspecified atom stereocenters. The van der Waals surface area contributed by atoms with Gasteiger partial charge in [0.15, 0.2) is 0 Å². The molecule has 1 heterocycles. The first kappa shape index (κ1) is 16.7. The highest BCUT2D eigenvalue weighted by atomic mass is 35.5. The second kappa shape index (κ2) is 7.56. The van der Waals surface area contributed by atoms with E-state index in [1.54, 1.807) is 17.0 Å². The van der Waals surface area contributed by atoms with Crippen LogP contribution in [0.25, 0.3) is 0 Å². The Morgan fingerprint density at radius 1 is 1.18 bits per heavy atom. The summed E-state index contributed by atoms with van der Waals surface area (Å²) in [6.45, 7) is 6.35. The van der Waals surface area contributed by atoms with E-state index in [1.165, 1.54) is 14.2 Å². The molecule has 0 bridgehead atoms. The number of benzene rings is 1. The molecule has 0 spiro atoms. The Bertz CT molecular complexity index is 531. The predicted octanol–water partition coefficient (Wildman–Crippen LogP) is 2.53. The number of amides is 2. The lowest BCUT2D eigenvalue weighted by Gasteiger charge is -2.34. The molecule has 0 aromatic heterocycles. The molecule has 0 radical (unpaired) electrons. The van der Waals surface area contributed by atoms with Gasteiger partial charge >= 0.3 is 6.03 Å². The Morgan fingerprint density at radius 3 is 2.36 bits per heavy atom. The maximum Gasteiger partial charge on any atom is 0.322 e. The first-order chi connectivity index (χ1) is 10.6. The number of piperazine rings is 1. The van der Waals surface area contributed by atoms with Crippen molar-refractivity contribution in [2.75, 3.05) is 52.3 Å². The molecule has 1 aromatic carbocycles. The summed E-state index contributed by atoms with van der Waals surface area (Å²) in [6.07, 6.45) is 0. The molecule has 1 fully saturated rings. The van der Waals surface area contributed by atoms with E-state index in [4.69, 9.17) is 21.1 Å². The molecule has 1 aliphatic heterocycles. The van der Waals surface area contributed by atoms with Crippen molar-refractivity contribution in [3.63, 3.8) is 0 Å². The molecule has 22 heavy (non-hydrogen) atoms. The Hall–Kier alpha value is -1.66. The number of carbonyl (C=O) groups is 1. The number of anilines is 1. The number of likely N-dealkylation sites (N-methyl/N-ethyl adjacent to an activating group) is 1. The van der Waals surface area contributed by atoms with Gasteiger partial charge in [0, 0.05) is 38.3 Å². The monoisotopic (exact) mass is 327 g/mol. The summed E-state index contributed by atoms with van der Waals surface area (Å²) in [5, 5.41) is 3.31. The second-order valence-electron chi connectivity index (χ2n) is 5.04. The van der Waals surface area contributed by atoms with Crippen LogP contribution in [0.2, 0.25) is 5.02 Å². The summed E-state index contributed by atoms with van der Waals surface area (Å²) >= 11 is 6.06. The molecule has 6 nitrogen and oxygen atoms in total. The second-order valence-corrected chi connectivity index (χ2v) is 5.45. The van der Waals surface area contributed by atoms with Gasteiger partial charge in [-0.15, -0.1) is 0 Å². The Morgan fingerprint density at radius 2 is 1.82 bits per heavy atom. The van der Waals surface area contributed by atoms with E-state index < -0.39 is 0 Å². The van der Waals surface area contributed by atoms with Crippen LogP contribution in [0.1, 0.15) is 6.92 Å². The standard InChI is InChI=1S/C15H22ClN3O3/c1-4-18-5-7-19(8-6-18)15(20)17-12-10-13(21-2)11(16)9-14(12)22-3/h9-10H,4-8H2,1-3H3,(H,17,20). The van der Waals surface area contributed by atoms with Crippen LogP contribution in [-0.2, 0) is 0 Å². The van der Waals surface area contributed by atoms with Crippen molar-refractivity contribution < 1.29 is 14.3 Å². The van der Waals surface area contributed by atoms with Gasteiger partial charge in [0.05, 0.1) is 24.9 Å². The molecule has 1 aliphatic rings. The van der Waals surface area contributed by atoms with Crippen molar-refractivity contribution in [2.24, 2.45) is 0 Å². The zero-order valence-electron chi connectivity index (χ0n) is 13.2. The molecular weight excluding hydrogens is 306 g/mol. The minimum atomic E-state index is -0.140. The van der Waals surface area contributed by atoms with Crippen molar-refractivity contribution in [3.05, 3.63) is 17.2 Å². The molecule has 7 heteroatoms. The number of nitrogens with one attached hydrogen (secondary N) is 1. The first-order valence-electron chi connectivity index (χ1n) is 7.28. The summed E-state index contributed by atoms with van der Waals surface area (Å²) in [5.41, 5.74) is 0.548.